The Bertz CT molecular complexity index is 2940. The van der Waals surface area contributed by atoms with E-state index in [1.807, 2.05) is 77.8 Å². The number of anilines is 3. The fourth-order valence-electron chi connectivity index (χ4n) is 8.65. The van der Waals surface area contributed by atoms with Gasteiger partial charge in [0.15, 0.2) is 0 Å². The van der Waals surface area contributed by atoms with E-state index < -0.39 is 17.2 Å². The molecule has 0 amide bonds. The van der Waals surface area contributed by atoms with Gasteiger partial charge in [-0.2, -0.15) is 13.2 Å². The summed E-state index contributed by atoms with van der Waals surface area (Å²) >= 11 is 0. The smallest absolute Gasteiger partial charge is 0.416 e. The second kappa shape index (κ2) is 16.7. The van der Waals surface area contributed by atoms with Gasteiger partial charge in [0.05, 0.1) is 17.0 Å². The van der Waals surface area contributed by atoms with E-state index in [2.05, 4.69) is 114 Å². The van der Waals surface area contributed by atoms with Crippen molar-refractivity contribution in [1.29, 1.82) is 0 Å². The van der Waals surface area contributed by atoms with Gasteiger partial charge in [0.25, 0.3) is 0 Å². The van der Waals surface area contributed by atoms with Crippen LogP contribution in [-0.4, -0.2) is 9.97 Å². The van der Waals surface area contributed by atoms with Gasteiger partial charge in [0, 0.05) is 49.3 Å². The van der Waals surface area contributed by atoms with Gasteiger partial charge in [-0.1, -0.05) is 132 Å². The molecule has 0 spiro atoms. The maximum absolute atomic E-state index is 13.0. The van der Waals surface area contributed by atoms with Gasteiger partial charge in [-0.3, -0.25) is 0 Å². The van der Waals surface area contributed by atoms with Gasteiger partial charge in [-0.05, 0) is 82.2 Å². The van der Waals surface area contributed by atoms with E-state index >= 15 is 0 Å². The molecule has 8 heteroatoms. The van der Waals surface area contributed by atoms with Crippen molar-refractivity contribution in [3.8, 4) is 45.1 Å². The zero-order chi connectivity index (χ0) is 41.4. The number of rotatable bonds is 5. The summed E-state index contributed by atoms with van der Waals surface area (Å²) in [5.41, 5.74) is 11.9. The molecule has 0 N–H and O–H groups in total. The van der Waals surface area contributed by atoms with Crippen molar-refractivity contribution in [1.82, 2.24) is 9.97 Å². The summed E-state index contributed by atoms with van der Waals surface area (Å²) in [6.07, 6.45) is -0.842. The van der Waals surface area contributed by atoms with E-state index in [-0.39, 0.29) is 20.1 Å². The summed E-state index contributed by atoms with van der Waals surface area (Å²) in [5.74, 6) is 1.15. The number of hydrogen-bond donors (Lipinski definition) is 0. The van der Waals surface area contributed by atoms with Crippen molar-refractivity contribution in [2.75, 3.05) is 4.90 Å². The molecule has 0 saturated heterocycles. The molecule has 0 unspecified atom stereocenters. The molecule has 1 aliphatic carbocycles. The molecule has 3 heterocycles. The number of halogens is 3. The maximum Gasteiger partial charge on any atom is 0.416 e. The van der Waals surface area contributed by atoms with E-state index in [1.54, 1.807) is 12.3 Å². The molecule has 0 bridgehead atoms. The van der Waals surface area contributed by atoms with Crippen molar-refractivity contribution >= 4 is 17.1 Å². The minimum absolute atomic E-state index is 0. The molecule has 62 heavy (non-hydrogen) atoms. The molecular weight excluding hydrogens is 956 g/mol. The van der Waals surface area contributed by atoms with E-state index in [1.165, 1.54) is 45.5 Å². The van der Waals surface area contributed by atoms with Crippen LogP contribution in [0.1, 0.15) is 27.8 Å². The quantitative estimate of drug-likeness (QED) is 0.161. The van der Waals surface area contributed by atoms with Crippen LogP contribution < -0.4 is 9.64 Å². The number of nitrogens with zero attached hydrogens (tertiary/aromatic N) is 3. The molecule has 0 atom stereocenters. The van der Waals surface area contributed by atoms with E-state index in [0.29, 0.717) is 34.1 Å². The normalized spacial score (nSPS) is 12.9. The number of alkyl halides is 3. The summed E-state index contributed by atoms with van der Waals surface area (Å²) in [4.78, 5) is 11.0. The molecule has 7 aromatic carbocycles. The Hall–Kier alpha value is -7.12. The Kier molecular flexibility index (Phi) is 10.9. The van der Waals surface area contributed by atoms with E-state index in [0.717, 1.165) is 29.1 Å². The van der Waals surface area contributed by atoms with Crippen LogP contribution in [0, 0.1) is 12.1 Å². The summed E-state index contributed by atoms with van der Waals surface area (Å²) in [5, 5.41) is 0. The largest absolute Gasteiger partial charge is 0.498 e. The Morgan fingerprint density at radius 3 is 1.73 bits per heavy atom. The molecule has 2 aliphatic rings. The monoisotopic (exact) mass is 990 g/mol. The van der Waals surface area contributed by atoms with Gasteiger partial charge in [-0.15, -0.1) is 47.5 Å². The van der Waals surface area contributed by atoms with E-state index in [4.69, 9.17) is 9.72 Å². The number of aromatic nitrogens is 2. The predicted octanol–water partition coefficient (Wildman–Crippen LogP) is 14.1. The fraction of sp³-hybridized carbons (Fsp3) is 0.0370. The van der Waals surface area contributed by atoms with Gasteiger partial charge in [0.2, 0.25) is 0 Å². The molecule has 2 aromatic heterocycles. The van der Waals surface area contributed by atoms with Gasteiger partial charge < -0.3 is 19.6 Å². The molecule has 1 radical (unpaired) electrons. The SMILES string of the molecule is FC(F)(F)c1ccc(N2c3ccccc3Oc3c(-c4ccccn4)[c-]ccc32)cc1.[Ir].[c-]1ccc2c(c1-c1ccccn1)C(c1ccccc1)(c1ccccc1)c1ccccc1-2. The van der Waals surface area contributed by atoms with Crippen LogP contribution >= 0.6 is 0 Å². The first-order valence-corrected chi connectivity index (χ1v) is 19.8. The van der Waals surface area contributed by atoms with Crippen LogP contribution in [0.4, 0.5) is 30.2 Å². The topological polar surface area (TPSA) is 38.2 Å². The molecule has 1 aliphatic heterocycles. The molecule has 4 nitrogen and oxygen atoms in total. The third-order valence-corrected chi connectivity index (χ3v) is 11.2. The summed E-state index contributed by atoms with van der Waals surface area (Å²) in [7, 11) is 0. The van der Waals surface area contributed by atoms with Gasteiger partial charge in [0.1, 0.15) is 5.75 Å². The van der Waals surface area contributed by atoms with Crippen molar-refractivity contribution < 1.29 is 38.0 Å². The number of pyridine rings is 2. The standard InChI is InChI=1S/C30H20N.C24H14F3N2O.Ir/c1-3-12-22(13-4-1)30(23-14-5-2-6-15-23)27-19-8-7-16-24(27)25-17-11-18-26(29(25)30)28-20-9-10-21-31-28;25-24(26,27)16-11-13-17(14-12-16)29-20-8-1-2-10-22(20)30-23-18(6-5-9-21(23)29)19-7-3-4-15-28-19;/h1-17,19-21H;1-5,7-15H;/q2*-1;. The summed E-state index contributed by atoms with van der Waals surface area (Å²) in [6, 6.07) is 69.2. The Morgan fingerprint density at radius 2 is 1.08 bits per heavy atom. The number of para-hydroxylation sites is 2. The minimum atomic E-state index is -4.39. The number of ether oxygens (including phenoxy) is 1. The van der Waals surface area contributed by atoms with E-state index in [9.17, 15) is 13.2 Å². The third kappa shape index (κ3) is 6.97. The second-order valence-corrected chi connectivity index (χ2v) is 14.6. The molecule has 0 saturated carbocycles. The van der Waals surface area contributed by atoms with Crippen molar-refractivity contribution in [2.24, 2.45) is 0 Å². The van der Waals surface area contributed by atoms with Crippen LogP contribution in [0.3, 0.4) is 0 Å². The summed E-state index contributed by atoms with van der Waals surface area (Å²) in [6.45, 7) is 0. The first-order valence-electron chi connectivity index (χ1n) is 19.8. The molecule has 11 rings (SSSR count). The minimum Gasteiger partial charge on any atom is -0.498 e. The van der Waals surface area contributed by atoms with Crippen molar-refractivity contribution in [2.45, 2.75) is 11.6 Å². The zero-order valence-corrected chi connectivity index (χ0v) is 35.2. The molecule has 0 fully saturated rings. The Morgan fingerprint density at radius 1 is 0.516 bits per heavy atom. The first kappa shape index (κ1) is 40.3. The second-order valence-electron chi connectivity index (χ2n) is 14.6. The van der Waals surface area contributed by atoms with Crippen molar-refractivity contribution in [3.63, 3.8) is 0 Å². The number of hydrogen-bond acceptors (Lipinski definition) is 4. The Balaban J connectivity index is 0.000000156. The number of benzene rings is 7. The van der Waals surface area contributed by atoms with Crippen molar-refractivity contribution in [3.05, 3.63) is 246 Å². The zero-order valence-electron chi connectivity index (χ0n) is 32.8. The predicted molar refractivity (Wildman–Crippen MR) is 234 cm³/mol. The van der Waals surface area contributed by atoms with Crippen LogP contribution in [-0.2, 0) is 31.7 Å². The molecule has 9 aromatic rings. The molecule has 303 valence electrons. The average molecular weight is 990 g/mol. The van der Waals surface area contributed by atoms with Crippen LogP contribution in [0.25, 0.3) is 33.6 Å². The third-order valence-electron chi connectivity index (χ3n) is 11.2. The number of fused-ring (bicyclic) bond motifs is 5. The maximum atomic E-state index is 13.0. The average Bonchev–Trinajstić information content (AvgIpc) is 3.63. The van der Waals surface area contributed by atoms with Crippen LogP contribution in [0.2, 0.25) is 0 Å². The van der Waals surface area contributed by atoms with Gasteiger partial charge in [-0.25, -0.2) is 0 Å². The van der Waals surface area contributed by atoms with Crippen LogP contribution in [0.5, 0.6) is 11.5 Å². The summed E-state index contributed by atoms with van der Waals surface area (Å²) < 4.78 is 45.3. The van der Waals surface area contributed by atoms with Crippen LogP contribution in [0.15, 0.2) is 207 Å². The Labute approximate surface area is 371 Å². The van der Waals surface area contributed by atoms with Gasteiger partial charge >= 0.3 is 6.18 Å². The molecular formula is C54H34F3IrN3O-2. The fourth-order valence-corrected chi connectivity index (χ4v) is 8.65. The first-order chi connectivity index (χ1) is 29.9.